The lowest BCUT2D eigenvalue weighted by atomic mass is 10.1. The van der Waals surface area contributed by atoms with Crippen molar-refractivity contribution < 1.29 is 5.11 Å². The summed E-state index contributed by atoms with van der Waals surface area (Å²) in [6, 6.07) is 5.87. The number of benzene rings is 1. The Hall–Kier alpha value is -0.770. The van der Waals surface area contributed by atoms with Crippen LogP contribution in [-0.4, -0.2) is 30.8 Å². The van der Waals surface area contributed by atoms with Crippen LogP contribution >= 0.6 is 11.6 Å². The van der Waals surface area contributed by atoms with Crippen LogP contribution < -0.4 is 10.2 Å². The van der Waals surface area contributed by atoms with E-state index in [-0.39, 0.29) is 0 Å². The van der Waals surface area contributed by atoms with Crippen LogP contribution in [0, 0.1) is 0 Å². The fourth-order valence-corrected chi connectivity index (χ4v) is 2.13. The van der Waals surface area contributed by atoms with E-state index in [0.717, 1.165) is 18.8 Å². The largest absolute Gasteiger partial charge is 0.389 e. The third-order valence-corrected chi connectivity index (χ3v) is 2.88. The van der Waals surface area contributed by atoms with Crippen molar-refractivity contribution in [2.75, 3.05) is 25.0 Å². The van der Waals surface area contributed by atoms with Crippen LogP contribution in [0.15, 0.2) is 18.2 Å². The number of likely N-dealkylation sites (N-methyl/N-ethyl adjacent to an activating group) is 1. The minimum Gasteiger partial charge on any atom is -0.389 e. The molecule has 2 N–H and O–H groups in total. The standard InChI is InChI=1S/C14H23ClN2O/c1-5-16-9-11-6-7-12(15)8-13(11)17(4)10-14(2,3)18/h6-8,16,18H,5,9-10H2,1-4H3. The highest BCUT2D eigenvalue weighted by Crippen LogP contribution is 2.25. The molecule has 1 rings (SSSR count). The smallest absolute Gasteiger partial charge is 0.0765 e. The van der Waals surface area contributed by atoms with E-state index in [2.05, 4.69) is 12.2 Å². The number of hydrogen-bond donors (Lipinski definition) is 2. The van der Waals surface area contributed by atoms with Crippen molar-refractivity contribution in [3.8, 4) is 0 Å². The second-order valence-electron chi connectivity index (χ2n) is 5.22. The maximum Gasteiger partial charge on any atom is 0.0765 e. The van der Waals surface area contributed by atoms with E-state index >= 15 is 0 Å². The zero-order chi connectivity index (χ0) is 13.8. The first-order valence-electron chi connectivity index (χ1n) is 6.26. The predicted molar refractivity (Wildman–Crippen MR) is 78.4 cm³/mol. The zero-order valence-corrected chi connectivity index (χ0v) is 12.4. The van der Waals surface area contributed by atoms with Crippen molar-refractivity contribution in [3.05, 3.63) is 28.8 Å². The van der Waals surface area contributed by atoms with E-state index in [9.17, 15) is 5.11 Å². The minimum atomic E-state index is -0.730. The molecule has 0 aliphatic rings. The molecular weight excluding hydrogens is 248 g/mol. The topological polar surface area (TPSA) is 35.5 Å². The summed E-state index contributed by atoms with van der Waals surface area (Å²) in [7, 11) is 1.97. The average Bonchev–Trinajstić information content (AvgIpc) is 2.25. The molecule has 0 radical (unpaired) electrons. The molecule has 1 aromatic carbocycles. The first-order valence-corrected chi connectivity index (χ1v) is 6.64. The normalized spacial score (nSPS) is 11.7. The molecule has 0 aliphatic carbocycles. The van der Waals surface area contributed by atoms with Gasteiger partial charge in [0.2, 0.25) is 0 Å². The van der Waals surface area contributed by atoms with Crippen LogP contribution in [0.4, 0.5) is 5.69 Å². The van der Waals surface area contributed by atoms with Gasteiger partial charge in [-0.3, -0.25) is 0 Å². The van der Waals surface area contributed by atoms with Gasteiger partial charge in [-0.05, 0) is 38.1 Å². The lowest BCUT2D eigenvalue weighted by molar-refractivity contribution is 0.0886. The van der Waals surface area contributed by atoms with Gasteiger partial charge in [0.25, 0.3) is 0 Å². The van der Waals surface area contributed by atoms with Gasteiger partial charge in [0.15, 0.2) is 0 Å². The quantitative estimate of drug-likeness (QED) is 0.834. The molecule has 0 spiro atoms. The highest BCUT2D eigenvalue weighted by molar-refractivity contribution is 6.30. The molecule has 4 heteroatoms. The molecule has 0 heterocycles. The van der Waals surface area contributed by atoms with E-state index in [1.165, 1.54) is 5.56 Å². The Kier molecular flexibility index (Phi) is 5.45. The molecule has 0 amide bonds. The van der Waals surface area contributed by atoms with Crippen LogP contribution in [0.25, 0.3) is 0 Å². The Labute approximate surface area is 115 Å². The molecule has 102 valence electrons. The third-order valence-electron chi connectivity index (χ3n) is 2.65. The molecule has 0 unspecified atom stereocenters. The fraction of sp³-hybridized carbons (Fsp3) is 0.571. The Morgan fingerprint density at radius 1 is 1.39 bits per heavy atom. The molecule has 0 aliphatic heterocycles. The Balaban J connectivity index is 2.93. The van der Waals surface area contributed by atoms with E-state index in [4.69, 9.17) is 11.6 Å². The fourth-order valence-electron chi connectivity index (χ4n) is 1.97. The zero-order valence-electron chi connectivity index (χ0n) is 11.6. The van der Waals surface area contributed by atoms with Crippen LogP contribution in [0.2, 0.25) is 5.02 Å². The van der Waals surface area contributed by atoms with E-state index < -0.39 is 5.60 Å². The molecule has 0 fully saturated rings. The second-order valence-corrected chi connectivity index (χ2v) is 5.66. The number of anilines is 1. The SMILES string of the molecule is CCNCc1ccc(Cl)cc1N(C)CC(C)(C)O. The van der Waals surface area contributed by atoms with Gasteiger partial charge >= 0.3 is 0 Å². The lowest BCUT2D eigenvalue weighted by Gasteiger charge is -2.29. The number of nitrogens with one attached hydrogen (secondary N) is 1. The first-order chi connectivity index (χ1) is 8.33. The average molecular weight is 271 g/mol. The summed E-state index contributed by atoms with van der Waals surface area (Å²) in [4.78, 5) is 2.04. The predicted octanol–water partition coefficient (Wildman–Crippen LogP) is 2.66. The van der Waals surface area contributed by atoms with E-state index in [1.54, 1.807) is 13.8 Å². The first kappa shape index (κ1) is 15.3. The molecule has 1 aromatic rings. The van der Waals surface area contributed by atoms with Crippen molar-refractivity contribution >= 4 is 17.3 Å². The van der Waals surface area contributed by atoms with Crippen molar-refractivity contribution in [3.63, 3.8) is 0 Å². The van der Waals surface area contributed by atoms with Crippen molar-refractivity contribution in [2.45, 2.75) is 32.9 Å². The monoisotopic (exact) mass is 270 g/mol. The number of halogens is 1. The molecule has 0 bridgehead atoms. The van der Waals surface area contributed by atoms with Crippen LogP contribution in [0.3, 0.4) is 0 Å². The summed E-state index contributed by atoms with van der Waals surface area (Å²) in [5.74, 6) is 0. The highest BCUT2D eigenvalue weighted by atomic mass is 35.5. The molecule has 0 saturated heterocycles. The number of aliphatic hydroxyl groups is 1. The second kappa shape index (κ2) is 6.41. The van der Waals surface area contributed by atoms with E-state index in [0.29, 0.717) is 11.6 Å². The summed E-state index contributed by atoms with van der Waals surface area (Å²) in [5, 5.41) is 13.9. The highest BCUT2D eigenvalue weighted by Gasteiger charge is 2.17. The maximum absolute atomic E-state index is 9.90. The Bertz CT molecular complexity index is 388. The van der Waals surface area contributed by atoms with Gasteiger partial charge < -0.3 is 15.3 Å². The third kappa shape index (κ3) is 4.84. The maximum atomic E-state index is 9.90. The summed E-state index contributed by atoms with van der Waals surface area (Å²) < 4.78 is 0. The number of nitrogens with zero attached hydrogens (tertiary/aromatic N) is 1. The molecule has 0 aromatic heterocycles. The Morgan fingerprint density at radius 2 is 2.06 bits per heavy atom. The molecule has 3 nitrogen and oxygen atoms in total. The number of hydrogen-bond acceptors (Lipinski definition) is 3. The van der Waals surface area contributed by atoms with Crippen LogP contribution in [0.1, 0.15) is 26.3 Å². The van der Waals surface area contributed by atoms with Gasteiger partial charge in [-0.1, -0.05) is 24.6 Å². The van der Waals surface area contributed by atoms with Gasteiger partial charge in [-0.2, -0.15) is 0 Å². The van der Waals surface area contributed by atoms with Crippen LogP contribution in [-0.2, 0) is 6.54 Å². The summed E-state index contributed by atoms with van der Waals surface area (Å²) in [6.07, 6.45) is 0. The van der Waals surface area contributed by atoms with Crippen molar-refractivity contribution in [1.29, 1.82) is 0 Å². The van der Waals surface area contributed by atoms with Gasteiger partial charge in [0.1, 0.15) is 0 Å². The van der Waals surface area contributed by atoms with Gasteiger partial charge in [-0.25, -0.2) is 0 Å². The summed E-state index contributed by atoms with van der Waals surface area (Å²) in [6.45, 7) is 7.98. The molecule has 0 atom stereocenters. The van der Waals surface area contributed by atoms with Crippen molar-refractivity contribution in [1.82, 2.24) is 5.32 Å². The van der Waals surface area contributed by atoms with Gasteiger partial charge in [0.05, 0.1) is 5.60 Å². The molecular formula is C14H23ClN2O. The minimum absolute atomic E-state index is 0.562. The Morgan fingerprint density at radius 3 is 2.61 bits per heavy atom. The molecule has 18 heavy (non-hydrogen) atoms. The van der Waals surface area contributed by atoms with Gasteiger partial charge in [-0.15, -0.1) is 0 Å². The van der Waals surface area contributed by atoms with Gasteiger partial charge in [0, 0.05) is 30.8 Å². The number of rotatable bonds is 6. The lowest BCUT2D eigenvalue weighted by Crippen LogP contribution is -2.36. The van der Waals surface area contributed by atoms with Crippen LogP contribution in [0.5, 0.6) is 0 Å². The van der Waals surface area contributed by atoms with E-state index in [1.807, 2.05) is 30.1 Å². The summed E-state index contributed by atoms with van der Waals surface area (Å²) in [5.41, 5.74) is 1.52. The van der Waals surface area contributed by atoms with Crippen molar-refractivity contribution in [2.24, 2.45) is 0 Å². The summed E-state index contributed by atoms with van der Waals surface area (Å²) >= 11 is 6.06. The molecule has 0 saturated carbocycles.